The van der Waals surface area contributed by atoms with Gasteiger partial charge in [0.1, 0.15) is 6.04 Å². The molecule has 0 saturated carbocycles. The van der Waals surface area contributed by atoms with Crippen LogP contribution in [-0.4, -0.2) is 41.1 Å². The zero-order valence-corrected chi connectivity index (χ0v) is 15.6. The molecule has 1 N–H and O–H groups in total. The first kappa shape index (κ1) is 18.5. The van der Waals surface area contributed by atoms with Crippen LogP contribution >= 0.6 is 27.7 Å². The molecule has 2 amide bonds. The number of esters is 1. The number of ether oxygens (including phenoxy) is 1. The molecule has 0 aliphatic carbocycles. The number of hydrogen-bond acceptors (Lipinski definition) is 5. The van der Waals surface area contributed by atoms with Gasteiger partial charge in [0.15, 0.2) is 0 Å². The van der Waals surface area contributed by atoms with Crippen molar-refractivity contribution in [2.45, 2.75) is 19.9 Å². The van der Waals surface area contributed by atoms with Gasteiger partial charge in [0.2, 0.25) is 11.8 Å². The third-order valence-electron chi connectivity index (χ3n) is 3.26. The van der Waals surface area contributed by atoms with Crippen LogP contribution in [0.5, 0.6) is 0 Å². The van der Waals surface area contributed by atoms with Crippen LogP contribution in [0.15, 0.2) is 39.8 Å². The van der Waals surface area contributed by atoms with Gasteiger partial charge in [0.05, 0.1) is 23.5 Å². The summed E-state index contributed by atoms with van der Waals surface area (Å²) in [6, 6.07) is 6.39. The molecule has 1 aliphatic heterocycles. The molecule has 1 atom stereocenters. The molecule has 1 heterocycles. The highest BCUT2D eigenvalue weighted by Gasteiger charge is 2.34. The molecule has 24 heavy (non-hydrogen) atoms. The van der Waals surface area contributed by atoms with Crippen LogP contribution in [0.2, 0.25) is 0 Å². The number of nitrogens with zero attached hydrogens (tertiary/aromatic N) is 1. The lowest BCUT2D eigenvalue weighted by molar-refractivity contribution is -0.137. The maximum absolute atomic E-state index is 12.4. The van der Waals surface area contributed by atoms with E-state index in [0.717, 1.165) is 4.47 Å². The molecule has 1 saturated heterocycles. The lowest BCUT2D eigenvalue weighted by Crippen LogP contribution is -2.42. The third kappa shape index (κ3) is 4.61. The topological polar surface area (TPSA) is 75.7 Å². The number of nitrogens with one attached hydrogen (secondary N) is 1. The van der Waals surface area contributed by atoms with E-state index in [1.54, 1.807) is 26.0 Å². The first-order chi connectivity index (χ1) is 11.4. The molecule has 2 rings (SSSR count). The Kier molecular flexibility index (Phi) is 6.44. The van der Waals surface area contributed by atoms with Crippen molar-refractivity contribution >= 4 is 51.2 Å². The summed E-state index contributed by atoms with van der Waals surface area (Å²) in [4.78, 5) is 37.5. The quantitative estimate of drug-likeness (QED) is 0.594. The highest BCUT2D eigenvalue weighted by molar-refractivity contribution is 9.10. The van der Waals surface area contributed by atoms with Crippen molar-refractivity contribution in [3.05, 3.63) is 39.8 Å². The Morgan fingerprint density at radius 2 is 2.08 bits per heavy atom. The molecule has 0 bridgehead atoms. The zero-order valence-electron chi connectivity index (χ0n) is 13.2. The minimum Gasteiger partial charge on any atom is -0.463 e. The van der Waals surface area contributed by atoms with Gasteiger partial charge >= 0.3 is 5.97 Å². The molecule has 0 aromatic heterocycles. The molecular formula is C16H17BrN2O4S. The Morgan fingerprint density at radius 1 is 1.42 bits per heavy atom. The van der Waals surface area contributed by atoms with E-state index in [2.05, 4.69) is 21.2 Å². The summed E-state index contributed by atoms with van der Waals surface area (Å²) in [5.41, 5.74) is 0.630. The fraction of sp³-hybridized carbons (Fsp3) is 0.312. The highest BCUT2D eigenvalue weighted by Crippen LogP contribution is 2.31. The molecule has 1 aliphatic rings. The van der Waals surface area contributed by atoms with Crippen LogP contribution in [0, 0.1) is 0 Å². The van der Waals surface area contributed by atoms with Crippen LogP contribution < -0.4 is 5.32 Å². The Morgan fingerprint density at radius 3 is 2.71 bits per heavy atom. The Balaban J connectivity index is 2.11. The zero-order chi connectivity index (χ0) is 17.7. The molecule has 0 spiro atoms. The number of benzene rings is 1. The van der Waals surface area contributed by atoms with Gasteiger partial charge in [-0.2, -0.15) is 0 Å². The molecule has 6 nitrogen and oxygen atoms in total. The molecule has 1 unspecified atom stereocenters. The van der Waals surface area contributed by atoms with E-state index < -0.39 is 12.0 Å². The van der Waals surface area contributed by atoms with Gasteiger partial charge in [-0.1, -0.05) is 27.7 Å². The highest BCUT2D eigenvalue weighted by atomic mass is 79.9. The van der Waals surface area contributed by atoms with Gasteiger partial charge in [-0.15, -0.1) is 0 Å². The normalized spacial score (nSPS) is 17.0. The van der Waals surface area contributed by atoms with Crippen LogP contribution in [0.3, 0.4) is 0 Å². The molecule has 0 radical (unpaired) electrons. The number of amides is 2. The van der Waals surface area contributed by atoms with Crippen molar-refractivity contribution in [2.75, 3.05) is 17.7 Å². The van der Waals surface area contributed by atoms with E-state index in [1.807, 2.05) is 12.1 Å². The molecule has 1 aromatic rings. The fourth-order valence-electron chi connectivity index (χ4n) is 2.10. The van der Waals surface area contributed by atoms with Crippen LogP contribution in [-0.2, 0) is 19.1 Å². The summed E-state index contributed by atoms with van der Waals surface area (Å²) >= 11 is 4.54. The number of halogens is 1. The largest absolute Gasteiger partial charge is 0.463 e. The predicted octanol–water partition coefficient (Wildman–Crippen LogP) is 2.76. The third-order valence-corrected chi connectivity index (χ3v) is 4.79. The number of anilines is 1. The lowest BCUT2D eigenvalue weighted by atomic mass is 10.2. The van der Waals surface area contributed by atoms with E-state index in [1.165, 1.54) is 22.7 Å². The second-order valence-electron chi connectivity index (χ2n) is 4.96. The maximum atomic E-state index is 12.4. The Bertz CT molecular complexity index is 675. The number of hydrogen-bond donors (Lipinski definition) is 1. The van der Waals surface area contributed by atoms with Crippen LogP contribution in [0.4, 0.5) is 5.69 Å². The fourth-order valence-corrected chi connectivity index (χ4v) is 3.35. The van der Waals surface area contributed by atoms with E-state index in [4.69, 9.17) is 4.74 Å². The second-order valence-corrected chi connectivity index (χ2v) is 6.87. The van der Waals surface area contributed by atoms with Crippen LogP contribution in [0.1, 0.15) is 13.8 Å². The molecule has 1 fully saturated rings. The first-order valence-electron chi connectivity index (χ1n) is 7.32. The van der Waals surface area contributed by atoms with E-state index >= 15 is 0 Å². The minimum absolute atomic E-state index is 0.196. The Hall–Kier alpha value is -1.80. The lowest BCUT2D eigenvalue weighted by Gasteiger charge is -2.24. The van der Waals surface area contributed by atoms with Crippen molar-refractivity contribution in [1.82, 2.24) is 4.90 Å². The first-order valence-corrected chi connectivity index (χ1v) is 9.10. The van der Waals surface area contributed by atoms with Crippen molar-refractivity contribution < 1.29 is 19.1 Å². The molecular weight excluding hydrogens is 396 g/mol. The standard InChI is InChI=1S/C16H17BrN2O4S/c1-3-23-15(21)8-14-19(13(20)9-24-14)10(2)16(22)18-12-6-4-11(17)5-7-12/h4-8,10H,3,9H2,1-2H3,(H,18,22)/b14-8-. The average molecular weight is 413 g/mol. The summed E-state index contributed by atoms with van der Waals surface area (Å²) in [5.74, 6) is -0.877. The summed E-state index contributed by atoms with van der Waals surface area (Å²) in [6.45, 7) is 3.58. The van der Waals surface area contributed by atoms with Crippen molar-refractivity contribution in [1.29, 1.82) is 0 Å². The maximum Gasteiger partial charge on any atom is 0.333 e. The van der Waals surface area contributed by atoms with Gasteiger partial charge < -0.3 is 10.1 Å². The number of thioether (sulfide) groups is 1. The van der Waals surface area contributed by atoms with E-state index in [9.17, 15) is 14.4 Å². The van der Waals surface area contributed by atoms with Gasteiger partial charge in [0, 0.05) is 10.2 Å². The Labute approximate surface area is 152 Å². The van der Waals surface area contributed by atoms with E-state index in [-0.39, 0.29) is 24.2 Å². The van der Waals surface area contributed by atoms with E-state index in [0.29, 0.717) is 10.7 Å². The predicted molar refractivity (Wildman–Crippen MR) is 96.3 cm³/mol. The second kappa shape index (κ2) is 8.34. The monoisotopic (exact) mass is 412 g/mol. The van der Waals surface area contributed by atoms with Crippen molar-refractivity contribution in [3.8, 4) is 0 Å². The number of rotatable bonds is 5. The number of carbonyl (C=O) groups excluding carboxylic acids is 3. The molecule has 1 aromatic carbocycles. The SMILES string of the molecule is CCOC(=O)/C=C1\SCC(=O)N1C(C)C(=O)Nc1ccc(Br)cc1. The van der Waals surface area contributed by atoms with Gasteiger partial charge in [-0.3, -0.25) is 14.5 Å². The summed E-state index contributed by atoms with van der Waals surface area (Å²) < 4.78 is 5.76. The molecule has 128 valence electrons. The van der Waals surface area contributed by atoms with Crippen molar-refractivity contribution in [3.63, 3.8) is 0 Å². The van der Waals surface area contributed by atoms with Gasteiger partial charge in [-0.05, 0) is 38.1 Å². The van der Waals surface area contributed by atoms with Crippen LogP contribution in [0.25, 0.3) is 0 Å². The van der Waals surface area contributed by atoms with Crippen molar-refractivity contribution in [2.24, 2.45) is 0 Å². The summed E-state index contributed by atoms with van der Waals surface area (Å²) in [7, 11) is 0. The summed E-state index contributed by atoms with van der Waals surface area (Å²) in [6.07, 6.45) is 1.25. The van der Waals surface area contributed by atoms with Gasteiger partial charge in [0.25, 0.3) is 0 Å². The number of carbonyl (C=O) groups is 3. The molecule has 8 heteroatoms. The smallest absolute Gasteiger partial charge is 0.333 e. The minimum atomic E-state index is -0.739. The summed E-state index contributed by atoms with van der Waals surface area (Å²) in [5, 5.41) is 3.19. The van der Waals surface area contributed by atoms with Gasteiger partial charge in [-0.25, -0.2) is 4.79 Å². The average Bonchev–Trinajstić information content (AvgIpc) is 2.89.